The van der Waals surface area contributed by atoms with Crippen molar-refractivity contribution in [1.82, 2.24) is 0 Å². The van der Waals surface area contributed by atoms with Gasteiger partial charge in [0.25, 0.3) is 5.91 Å². The highest BCUT2D eigenvalue weighted by atomic mass is 79.9. The molecule has 0 aromatic heterocycles. The first kappa shape index (κ1) is 18.8. The van der Waals surface area contributed by atoms with E-state index >= 15 is 0 Å². The summed E-state index contributed by atoms with van der Waals surface area (Å²) in [5.74, 6) is -0.0588. The number of benzene rings is 2. The molecule has 25 heavy (non-hydrogen) atoms. The van der Waals surface area contributed by atoms with Gasteiger partial charge in [-0.25, -0.2) is 4.79 Å². The molecule has 0 bridgehead atoms. The van der Waals surface area contributed by atoms with Gasteiger partial charge in [0.05, 0.1) is 25.5 Å². The molecule has 0 aliphatic heterocycles. The molecule has 0 aliphatic rings. The molecule has 1 atom stereocenters. The van der Waals surface area contributed by atoms with Gasteiger partial charge in [0.1, 0.15) is 11.5 Å². The van der Waals surface area contributed by atoms with Crippen LogP contribution in [0.4, 0.5) is 5.69 Å². The number of methoxy groups -OCH3 is 2. The largest absolute Gasteiger partial charge is 0.497 e. The van der Waals surface area contributed by atoms with E-state index in [-0.39, 0.29) is 5.56 Å². The number of para-hydroxylation sites is 2. The van der Waals surface area contributed by atoms with Crippen molar-refractivity contribution in [1.29, 1.82) is 0 Å². The fourth-order valence-corrected chi connectivity index (χ4v) is 2.46. The third-order valence-electron chi connectivity index (χ3n) is 3.41. The van der Waals surface area contributed by atoms with Gasteiger partial charge in [-0.1, -0.05) is 12.1 Å². The normalized spacial score (nSPS) is 11.4. The highest BCUT2D eigenvalue weighted by Crippen LogP contribution is 2.25. The third-order valence-corrected chi connectivity index (χ3v) is 4.10. The van der Waals surface area contributed by atoms with Crippen LogP contribution in [0.1, 0.15) is 17.3 Å². The van der Waals surface area contributed by atoms with Crippen LogP contribution in [0.15, 0.2) is 46.9 Å². The zero-order valence-electron chi connectivity index (χ0n) is 14.0. The van der Waals surface area contributed by atoms with Crippen LogP contribution in [0.3, 0.4) is 0 Å². The second-order valence-electron chi connectivity index (χ2n) is 5.08. The molecule has 2 rings (SSSR count). The fourth-order valence-electron chi connectivity index (χ4n) is 2.05. The lowest BCUT2D eigenvalue weighted by molar-refractivity contribution is -0.123. The molecule has 2 aromatic rings. The van der Waals surface area contributed by atoms with E-state index in [4.69, 9.17) is 14.2 Å². The smallest absolute Gasteiger partial charge is 0.340 e. The number of halogens is 1. The summed E-state index contributed by atoms with van der Waals surface area (Å²) in [5, 5.41) is 2.68. The van der Waals surface area contributed by atoms with E-state index in [1.807, 2.05) is 0 Å². The maximum atomic E-state index is 12.3. The van der Waals surface area contributed by atoms with Gasteiger partial charge in [0.15, 0.2) is 6.10 Å². The summed E-state index contributed by atoms with van der Waals surface area (Å²) < 4.78 is 16.1. The van der Waals surface area contributed by atoms with E-state index in [0.29, 0.717) is 21.7 Å². The predicted molar refractivity (Wildman–Crippen MR) is 97.2 cm³/mol. The Bertz CT molecular complexity index is 778. The van der Waals surface area contributed by atoms with Crippen molar-refractivity contribution < 1.29 is 23.8 Å². The van der Waals surface area contributed by atoms with Crippen LogP contribution in [0.25, 0.3) is 0 Å². The minimum absolute atomic E-state index is 0.274. The maximum Gasteiger partial charge on any atom is 0.340 e. The number of carbonyl (C=O) groups excluding carboxylic acids is 2. The van der Waals surface area contributed by atoms with Gasteiger partial charge in [-0.2, -0.15) is 0 Å². The summed E-state index contributed by atoms with van der Waals surface area (Å²) in [7, 11) is 3.01. The number of hydrogen-bond acceptors (Lipinski definition) is 5. The minimum Gasteiger partial charge on any atom is -0.497 e. The van der Waals surface area contributed by atoms with Crippen molar-refractivity contribution in [2.45, 2.75) is 13.0 Å². The lowest BCUT2D eigenvalue weighted by atomic mass is 10.2. The van der Waals surface area contributed by atoms with E-state index in [2.05, 4.69) is 21.2 Å². The molecular formula is C18H18BrNO5. The first-order valence-electron chi connectivity index (χ1n) is 7.44. The van der Waals surface area contributed by atoms with Gasteiger partial charge >= 0.3 is 5.97 Å². The highest BCUT2D eigenvalue weighted by molar-refractivity contribution is 9.10. The molecule has 0 aliphatic carbocycles. The topological polar surface area (TPSA) is 73.9 Å². The van der Waals surface area contributed by atoms with Crippen molar-refractivity contribution in [2.24, 2.45) is 0 Å². The van der Waals surface area contributed by atoms with Crippen LogP contribution >= 0.6 is 15.9 Å². The van der Waals surface area contributed by atoms with Gasteiger partial charge in [0, 0.05) is 4.47 Å². The molecule has 132 valence electrons. The standard InChI is InChI=1S/C18H18BrNO5/c1-11(17(21)20-15-6-4-5-7-16(15)24-3)25-18(22)13-10-12(23-2)8-9-14(13)19/h4-11H,1-3H3,(H,20,21)/t11-/m0/s1. The monoisotopic (exact) mass is 407 g/mol. The molecule has 1 N–H and O–H groups in total. The van der Waals surface area contributed by atoms with Crippen LogP contribution in [0.5, 0.6) is 11.5 Å². The minimum atomic E-state index is -0.990. The number of esters is 1. The summed E-state index contributed by atoms with van der Waals surface area (Å²) in [6.07, 6.45) is -0.990. The molecule has 7 heteroatoms. The lowest BCUT2D eigenvalue weighted by Crippen LogP contribution is -2.30. The van der Waals surface area contributed by atoms with E-state index in [1.54, 1.807) is 36.4 Å². The van der Waals surface area contributed by atoms with Gasteiger partial charge < -0.3 is 19.5 Å². The molecule has 0 heterocycles. The van der Waals surface area contributed by atoms with Gasteiger partial charge in [-0.15, -0.1) is 0 Å². The van der Waals surface area contributed by atoms with Crippen LogP contribution in [0, 0.1) is 0 Å². The summed E-state index contributed by atoms with van der Waals surface area (Å²) in [5.41, 5.74) is 0.775. The van der Waals surface area contributed by atoms with Gasteiger partial charge in [0.2, 0.25) is 0 Å². The zero-order valence-corrected chi connectivity index (χ0v) is 15.6. The Morgan fingerprint density at radius 2 is 1.80 bits per heavy atom. The Kier molecular flexibility index (Phi) is 6.41. The average molecular weight is 408 g/mol. The summed E-state index contributed by atoms with van der Waals surface area (Å²) >= 11 is 3.29. The molecule has 0 saturated heterocycles. The number of ether oxygens (including phenoxy) is 3. The van der Waals surface area contributed by atoms with E-state index < -0.39 is 18.0 Å². The molecule has 2 aromatic carbocycles. The van der Waals surface area contributed by atoms with E-state index in [9.17, 15) is 9.59 Å². The molecule has 0 fully saturated rings. The fraction of sp³-hybridized carbons (Fsp3) is 0.222. The van der Waals surface area contributed by atoms with Crippen molar-refractivity contribution in [3.63, 3.8) is 0 Å². The van der Waals surface area contributed by atoms with Crippen LogP contribution in [-0.4, -0.2) is 32.2 Å². The van der Waals surface area contributed by atoms with Crippen LogP contribution in [-0.2, 0) is 9.53 Å². The summed E-state index contributed by atoms with van der Waals surface area (Å²) in [6.45, 7) is 1.50. The second kappa shape index (κ2) is 8.53. The van der Waals surface area contributed by atoms with Crippen LogP contribution in [0.2, 0.25) is 0 Å². The number of amides is 1. The van der Waals surface area contributed by atoms with Crippen molar-refractivity contribution in [3.8, 4) is 11.5 Å². The first-order valence-corrected chi connectivity index (χ1v) is 8.24. The zero-order chi connectivity index (χ0) is 18.4. The molecule has 0 spiro atoms. The predicted octanol–water partition coefficient (Wildman–Crippen LogP) is 3.65. The Morgan fingerprint density at radius 3 is 2.48 bits per heavy atom. The third kappa shape index (κ3) is 4.73. The summed E-state index contributed by atoms with van der Waals surface area (Å²) in [6, 6.07) is 11.9. The Labute approximate surface area is 154 Å². The molecule has 1 amide bonds. The molecule has 0 unspecified atom stereocenters. The molecule has 6 nitrogen and oxygen atoms in total. The SMILES string of the molecule is COc1ccc(Br)c(C(=O)O[C@@H](C)C(=O)Nc2ccccc2OC)c1. The highest BCUT2D eigenvalue weighted by Gasteiger charge is 2.21. The number of hydrogen-bond donors (Lipinski definition) is 1. The van der Waals surface area contributed by atoms with E-state index in [0.717, 1.165) is 0 Å². The summed E-state index contributed by atoms with van der Waals surface area (Å²) in [4.78, 5) is 24.6. The molecule has 0 saturated carbocycles. The molecular weight excluding hydrogens is 390 g/mol. The Hall–Kier alpha value is -2.54. The lowest BCUT2D eigenvalue weighted by Gasteiger charge is -2.15. The Morgan fingerprint density at radius 1 is 1.08 bits per heavy atom. The van der Waals surface area contributed by atoms with Crippen molar-refractivity contribution in [3.05, 3.63) is 52.5 Å². The quantitative estimate of drug-likeness (QED) is 0.739. The van der Waals surface area contributed by atoms with Gasteiger partial charge in [-0.05, 0) is 53.2 Å². The number of rotatable bonds is 6. The molecule has 0 radical (unpaired) electrons. The van der Waals surface area contributed by atoms with Crippen LogP contribution < -0.4 is 14.8 Å². The maximum absolute atomic E-state index is 12.3. The Balaban J connectivity index is 2.07. The van der Waals surface area contributed by atoms with Crippen molar-refractivity contribution >= 4 is 33.5 Å². The van der Waals surface area contributed by atoms with Crippen molar-refractivity contribution in [2.75, 3.05) is 19.5 Å². The second-order valence-corrected chi connectivity index (χ2v) is 5.94. The number of nitrogens with one attached hydrogen (secondary N) is 1. The average Bonchev–Trinajstić information content (AvgIpc) is 2.62. The number of anilines is 1. The first-order chi connectivity index (χ1) is 12.0. The van der Waals surface area contributed by atoms with E-state index in [1.165, 1.54) is 27.2 Å². The van der Waals surface area contributed by atoms with Gasteiger partial charge in [-0.3, -0.25) is 4.79 Å². The number of carbonyl (C=O) groups is 2.